The summed E-state index contributed by atoms with van der Waals surface area (Å²) in [6, 6.07) is 8.86. The lowest BCUT2D eigenvalue weighted by Crippen LogP contribution is -2.15. The summed E-state index contributed by atoms with van der Waals surface area (Å²) in [5.41, 5.74) is 4.14. The Balaban J connectivity index is 1.45. The fourth-order valence-corrected chi connectivity index (χ4v) is 3.28. The van der Waals surface area contributed by atoms with Gasteiger partial charge in [0.2, 0.25) is 11.8 Å². The van der Waals surface area contributed by atoms with Gasteiger partial charge in [-0.05, 0) is 58.9 Å². The zero-order valence-electron chi connectivity index (χ0n) is 18.6. The minimum absolute atomic E-state index is 0.143. The molecule has 1 amide bonds. The molecule has 0 spiro atoms. The van der Waals surface area contributed by atoms with Gasteiger partial charge in [-0.1, -0.05) is 5.16 Å². The highest BCUT2D eigenvalue weighted by molar-refractivity contribution is 5.92. The van der Waals surface area contributed by atoms with Crippen LogP contribution < -0.4 is 10.1 Å². The Morgan fingerprint density at radius 2 is 1.81 bits per heavy atom. The van der Waals surface area contributed by atoms with Crippen molar-refractivity contribution < 1.29 is 14.1 Å². The van der Waals surface area contributed by atoms with Gasteiger partial charge in [0.1, 0.15) is 29.5 Å². The van der Waals surface area contributed by atoms with Crippen molar-refractivity contribution >= 4 is 11.6 Å². The van der Waals surface area contributed by atoms with Crippen LogP contribution in [0.3, 0.4) is 0 Å². The minimum atomic E-state index is -0.143. The number of imidazole rings is 1. The molecule has 0 atom stereocenters. The Labute approximate surface area is 185 Å². The molecular formula is C23H24N6O3. The molecule has 3 aromatic heterocycles. The fourth-order valence-electron chi connectivity index (χ4n) is 3.28. The van der Waals surface area contributed by atoms with Gasteiger partial charge < -0.3 is 14.6 Å². The first-order chi connectivity index (χ1) is 15.3. The van der Waals surface area contributed by atoms with E-state index in [-0.39, 0.29) is 12.3 Å². The Bertz CT molecular complexity index is 1250. The van der Waals surface area contributed by atoms with E-state index in [9.17, 15) is 4.79 Å². The molecule has 0 aliphatic heterocycles. The number of aromatic nitrogens is 5. The van der Waals surface area contributed by atoms with Crippen molar-refractivity contribution in [2.75, 3.05) is 5.32 Å². The number of hydrogen-bond acceptors (Lipinski definition) is 7. The van der Waals surface area contributed by atoms with Gasteiger partial charge in [-0.3, -0.25) is 9.36 Å². The SMILES string of the molecule is Cc1nc(Oc2ccc(NC(=O)Cc3c(C)noc3C)cc2)cc(-n2cnc(C)c2C)n1. The number of ether oxygens (including phenoxy) is 1. The number of anilines is 1. The van der Waals surface area contributed by atoms with Crippen LogP contribution in [-0.4, -0.2) is 30.6 Å². The monoisotopic (exact) mass is 432 g/mol. The first-order valence-electron chi connectivity index (χ1n) is 10.2. The summed E-state index contributed by atoms with van der Waals surface area (Å²) >= 11 is 0. The molecule has 0 aliphatic rings. The average molecular weight is 432 g/mol. The van der Waals surface area contributed by atoms with Gasteiger partial charge in [0.05, 0.1) is 17.8 Å². The van der Waals surface area contributed by atoms with E-state index in [1.54, 1.807) is 43.6 Å². The van der Waals surface area contributed by atoms with Gasteiger partial charge in [0.15, 0.2) is 0 Å². The summed E-state index contributed by atoms with van der Waals surface area (Å²) in [6.07, 6.45) is 1.94. The third-order valence-electron chi connectivity index (χ3n) is 5.18. The highest BCUT2D eigenvalue weighted by Gasteiger charge is 2.14. The van der Waals surface area contributed by atoms with Crippen molar-refractivity contribution in [3.63, 3.8) is 0 Å². The zero-order valence-corrected chi connectivity index (χ0v) is 18.6. The number of nitrogens with zero attached hydrogens (tertiary/aromatic N) is 5. The molecular weight excluding hydrogens is 408 g/mol. The van der Waals surface area contributed by atoms with Crippen LogP contribution >= 0.6 is 0 Å². The number of rotatable bonds is 6. The van der Waals surface area contributed by atoms with E-state index < -0.39 is 0 Å². The Hall–Kier alpha value is -4.01. The number of amides is 1. The number of carbonyl (C=O) groups excluding carboxylic acids is 1. The van der Waals surface area contributed by atoms with E-state index in [1.807, 2.05) is 32.3 Å². The predicted octanol–water partition coefficient (Wildman–Crippen LogP) is 4.17. The molecule has 1 aromatic carbocycles. The van der Waals surface area contributed by atoms with Crippen molar-refractivity contribution in [1.82, 2.24) is 24.7 Å². The molecule has 0 bridgehead atoms. The van der Waals surface area contributed by atoms with Crippen LogP contribution in [0.1, 0.15) is 34.2 Å². The van der Waals surface area contributed by atoms with Crippen LogP contribution in [0.15, 0.2) is 41.2 Å². The van der Waals surface area contributed by atoms with Gasteiger partial charge >= 0.3 is 0 Å². The second-order valence-corrected chi connectivity index (χ2v) is 7.55. The van der Waals surface area contributed by atoms with E-state index in [0.29, 0.717) is 34.7 Å². The van der Waals surface area contributed by atoms with Crippen molar-refractivity contribution in [3.8, 4) is 17.4 Å². The molecule has 164 valence electrons. The maximum atomic E-state index is 12.4. The third kappa shape index (κ3) is 4.51. The zero-order chi connectivity index (χ0) is 22.8. The lowest BCUT2D eigenvalue weighted by molar-refractivity contribution is -0.115. The average Bonchev–Trinajstić information content (AvgIpc) is 3.25. The highest BCUT2D eigenvalue weighted by atomic mass is 16.5. The maximum Gasteiger partial charge on any atom is 0.228 e. The van der Waals surface area contributed by atoms with E-state index in [1.165, 1.54) is 0 Å². The molecule has 9 nitrogen and oxygen atoms in total. The molecule has 4 aromatic rings. The molecule has 3 heterocycles. The number of hydrogen-bond donors (Lipinski definition) is 1. The molecule has 32 heavy (non-hydrogen) atoms. The summed E-state index contributed by atoms with van der Waals surface area (Å²) in [5, 5.41) is 6.75. The van der Waals surface area contributed by atoms with Gasteiger partial charge in [-0.25, -0.2) is 9.97 Å². The smallest absolute Gasteiger partial charge is 0.228 e. The normalized spacial score (nSPS) is 10.9. The number of carbonyl (C=O) groups is 1. The summed E-state index contributed by atoms with van der Waals surface area (Å²) in [7, 11) is 0. The number of aryl methyl sites for hydroxylation is 4. The van der Waals surface area contributed by atoms with Crippen molar-refractivity contribution in [1.29, 1.82) is 0 Å². The number of benzene rings is 1. The highest BCUT2D eigenvalue weighted by Crippen LogP contribution is 2.24. The Kier molecular flexibility index (Phi) is 5.72. The van der Waals surface area contributed by atoms with Crippen LogP contribution in [0.5, 0.6) is 11.6 Å². The van der Waals surface area contributed by atoms with Crippen molar-refractivity contribution in [2.24, 2.45) is 0 Å². The molecule has 4 rings (SSSR count). The largest absolute Gasteiger partial charge is 0.439 e. The molecule has 0 radical (unpaired) electrons. The van der Waals surface area contributed by atoms with E-state index >= 15 is 0 Å². The summed E-state index contributed by atoms with van der Waals surface area (Å²) in [4.78, 5) is 25.5. The molecule has 0 saturated carbocycles. The van der Waals surface area contributed by atoms with Crippen molar-refractivity contribution in [2.45, 2.75) is 41.0 Å². The first kappa shape index (κ1) is 21.2. The number of nitrogens with one attached hydrogen (secondary N) is 1. The second kappa shape index (κ2) is 8.62. The molecule has 0 unspecified atom stereocenters. The van der Waals surface area contributed by atoms with Crippen LogP contribution in [0.2, 0.25) is 0 Å². The fraction of sp³-hybridized carbons (Fsp3) is 0.261. The topological polar surface area (TPSA) is 108 Å². The van der Waals surface area contributed by atoms with E-state index in [0.717, 1.165) is 22.6 Å². The van der Waals surface area contributed by atoms with Gasteiger partial charge in [0.25, 0.3) is 0 Å². The summed E-state index contributed by atoms with van der Waals surface area (Å²) in [6.45, 7) is 9.36. The second-order valence-electron chi connectivity index (χ2n) is 7.55. The lowest BCUT2D eigenvalue weighted by atomic mass is 10.1. The van der Waals surface area contributed by atoms with Crippen molar-refractivity contribution in [3.05, 3.63) is 70.9 Å². The van der Waals surface area contributed by atoms with Crippen LogP contribution in [0.25, 0.3) is 5.82 Å². The van der Waals surface area contributed by atoms with Crippen LogP contribution in [-0.2, 0) is 11.2 Å². The molecule has 9 heteroatoms. The Morgan fingerprint density at radius 3 is 2.44 bits per heavy atom. The molecule has 0 fully saturated rings. The predicted molar refractivity (Wildman–Crippen MR) is 118 cm³/mol. The quantitative estimate of drug-likeness (QED) is 0.487. The van der Waals surface area contributed by atoms with Gasteiger partial charge in [-0.15, -0.1) is 0 Å². The maximum absolute atomic E-state index is 12.4. The summed E-state index contributed by atoms with van der Waals surface area (Å²) in [5.74, 6) is 2.81. The first-order valence-corrected chi connectivity index (χ1v) is 10.2. The Morgan fingerprint density at radius 1 is 1.06 bits per heavy atom. The standard InChI is InChI=1S/C23H24N6O3/c1-13-15(3)29(12-24-13)21-11-23(26-17(5)25-21)31-19-8-6-18(7-9-19)27-22(30)10-20-14(2)28-32-16(20)4/h6-9,11-12H,10H2,1-5H3,(H,27,30). The summed E-state index contributed by atoms with van der Waals surface area (Å²) < 4.78 is 12.9. The molecule has 1 N–H and O–H groups in total. The van der Waals surface area contributed by atoms with Gasteiger partial charge in [0, 0.05) is 23.0 Å². The third-order valence-corrected chi connectivity index (χ3v) is 5.18. The van der Waals surface area contributed by atoms with Gasteiger partial charge in [-0.2, -0.15) is 4.98 Å². The molecule has 0 aliphatic carbocycles. The minimum Gasteiger partial charge on any atom is -0.439 e. The van der Waals surface area contributed by atoms with Crippen LogP contribution in [0, 0.1) is 34.6 Å². The van der Waals surface area contributed by atoms with E-state index in [4.69, 9.17) is 9.26 Å². The molecule has 0 saturated heterocycles. The lowest BCUT2D eigenvalue weighted by Gasteiger charge is -2.10. The van der Waals surface area contributed by atoms with E-state index in [2.05, 4.69) is 25.4 Å². The van der Waals surface area contributed by atoms with Crippen LogP contribution in [0.4, 0.5) is 5.69 Å².